The summed E-state index contributed by atoms with van der Waals surface area (Å²) in [7, 11) is 0. The van der Waals surface area contributed by atoms with Crippen molar-refractivity contribution in [3.8, 4) is 0 Å². The molecular formula is C13H16N4O2. The van der Waals surface area contributed by atoms with Crippen LogP contribution in [0.3, 0.4) is 0 Å². The molecule has 0 atom stereocenters. The lowest BCUT2D eigenvalue weighted by Crippen LogP contribution is -2.08. The van der Waals surface area contributed by atoms with Crippen molar-refractivity contribution in [1.82, 2.24) is 14.8 Å². The van der Waals surface area contributed by atoms with E-state index in [0.29, 0.717) is 12.1 Å². The highest BCUT2D eigenvalue weighted by Gasteiger charge is 2.07. The third-order valence-corrected chi connectivity index (χ3v) is 2.94. The van der Waals surface area contributed by atoms with E-state index in [1.807, 2.05) is 17.6 Å². The highest BCUT2D eigenvalue weighted by molar-refractivity contribution is 5.89. The number of rotatable bonds is 5. The fourth-order valence-corrected chi connectivity index (χ4v) is 1.87. The van der Waals surface area contributed by atoms with Crippen molar-refractivity contribution in [2.24, 2.45) is 0 Å². The highest BCUT2D eigenvalue weighted by Crippen LogP contribution is 2.15. The van der Waals surface area contributed by atoms with Gasteiger partial charge in [-0.1, -0.05) is 0 Å². The zero-order chi connectivity index (χ0) is 13.8. The zero-order valence-corrected chi connectivity index (χ0v) is 10.9. The normalized spacial score (nSPS) is 10.4. The molecule has 0 spiro atoms. The van der Waals surface area contributed by atoms with E-state index >= 15 is 0 Å². The molecule has 0 radical (unpaired) electrons. The second-order valence-corrected chi connectivity index (χ2v) is 4.22. The van der Waals surface area contributed by atoms with Gasteiger partial charge in [0.1, 0.15) is 6.33 Å². The van der Waals surface area contributed by atoms with Gasteiger partial charge in [-0.25, -0.2) is 4.79 Å². The summed E-state index contributed by atoms with van der Waals surface area (Å²) in [5.74, 6) is -0.0581. The maximum Gasteiger partial charge on any atom is 0.335 e. The fraction of sp³-hybridized carbons (Fsp3) is 0.308. The molecule has 0 fully saturated rings. The van der Waals surface area contributed by atoms with Gasteiger partial charge in [-0.2, -0.15) is 0 Å². The number of carbonyl (C=O) groups is 1. The molecule has 0 saturated heterocycles. The Kier molecular flexibility index (Phi) is 3.79. The number of aryl methyl sites for hydroxylation is 2. The van der Waals surface area contributed by atoms with Crippen LogP contribution < -0.4 is 5.32 Å². The maximum absolute atomic E-state index is 10.9. The second-order valence-electron chi connectivity index (χ2n) is 4.22. The Morgan fingerprint density at radius 3 is 2.89 bits per heavy atom. The number of aromatic carboxylic acids is 1. The van der Waals surface area contributed by atoms with Crippen LogP contribution in [-0.4, -0.2) is 25.8 Å². The first kappa shape index (κ1) is 13.1. The van der Waals surface area contributed by atoms with Gasteiger partial charge in [0.05, 0.1) is 12.1 Å². The molecule has 1 aromatic carbocycles. The molecular weight excluding hydrogens is 244 g/mol. The minimum atomic E-state index is -0.908. The summed E-state index contributed by atoms with van der Waals surface area (Å²) in [5, 5.41) is 20.1. The summed E-state index contributed by atoms with van der Waals surface area (Å²) < 4.78 is 1.95. The Balaban J connectivity index is 2.08. The van der Waals surface area contributed by atoms with E-state index in [4.69, 9.17) is 5.11 Å². The predicted octanol–water partition coefficient (Wildman–Crippen LogP) is 1.92. The van der Waals surface area contributed by atoms with Crippen molar-refractivity contribution in [2.45, 2.75) is 26.9 Å². The molecule has 0 unspecified atom stereocenters. The van der Waals surface area contributed by atoms with Gasteiger partial charge < -0.3 is 15.0 Å². The van der Waals surface area contributed by atoms with Gasteiger partial charge >= 0.3 is 5.97 Å². The van der Waals surface area contributed by atoms with E-state index in [1.165, 1.54) is 0 Å². The minimum Gasteiger partial charge on any atom is -0.478 e. The average molecular weight is 260 g/mol. The van der Waals surface area contributed by atoms with Crippen molar-refractivity contribution in [3.05, 3.63) is 41.5 Å². The molecule has 0 aliphatic rings. The fourth-order valence-electron chi connectivity index (χ4n) is 1.87. The Bertz CT molecular complexity index is 592. The van der Waals surface area contributed by atoms with Crippen molar-refractivity contribution in [2.75, 3.05) is 5.32 Å². The molecule has 6 heteroatoms. The summed E-state index contributed by atoms with van der Waals surface area (Å²) in [6.07, 6.45) is 1.69. The van der Waals surface area contributed by atoms with Crippen molar-refractivity contribution in [1.29, 1.82) is 0 Å². The van der Waals surface area contributed by atoms with Crippen LogP contribution in [0.15, 0.2) is 24.5 Å². The van der Waals surface area contributed by atoms with Gasteiger partial charge in [0.2, 0.25) is 0 Å². The van der Waals surface area contributed by atoms with Gasteiger partial charge in [0, 0.05) is 12.2 Å². The van der Waals surface area contributed by atoms with Crippen molar-refractivity contribution in [3.63, 3.8) is 0 Å². The van der Waals surface area contributed by atoms with Crippen LogP contribution in [0, 0.1) is 6.92 Å². The van der Waals surface area contributed by atoms with E-state index in [0.717, 1.165) is 23.6 Å². The number of nitrogens with zero attached hydrogens (tertiary/aromatic N) is 3. The van der Waals surface area contributed by atoms with E-state index in [9.17, 15) is 4.79 Å². The summed E-state index contributed by atoms with van der Waals surface area (Å²) in [4.78, 5) is 10.9. The Morgan fingerprint density at radius 2 is 2.26 bits per heavy atom. The number of carboxylic acid groups (broad SMARTS) is 1. The van der Waals surface area contributed by atoms with Crippen LogP contribution in [0.2, 0.25) is 0 Å². The van der Waals surface area contributed by atoms with Gasteiger partial charge in [0.15, 0.2) is 5.82 Å². The van der Waals surface area contributed by atoms with Gasteiger partial charge in [-0.3, -0.25) is 0 Å². The third kappa shape index (κ3) is 2.90. The molecule has 1 heterocycles. The number of anilines is 1. The largest absolute Gasteiger partial charge is 0.478 e. The first-order valence-corrected chi connectivity index (χ1v) is 6.06. The molecule has 100 valence electrons. The number of hydrogen-bond acceptors (Lipinski definition) is 4. The summed E-state index contributed by atoms with van der Waals surface area (Å²) in [5.41, 5.74) is 1.92. The lowest BCUT2D eigenvalue weighted by molar-refractivity contribution is 0.0696. The molecule has 0 bridgehead atoms. The minimum absolute atomic E-state index is 0.322. The van der Waals surface area contributed by atoms with E-state index in [-0.39, 0.29) is 0 Å². The number of hydrogen-bond donors (Lipinski definition) is 2. The van der Waals surface area contributed by atoms with Crippen LogP contribution in [0.4, 0.5) is 5.69 Å². The number of carboxylic acids is 1. The standard InChI is InChI=1S/C13H16N4O2/c1-3-17-8-15-16-12(17)7-14-10-4-5-11(13(18)19)9(2)6-10/h4-6,8,14H,3,7H2,1-2H3,(H,18,19). The first-order chi connectivity index (χ1) is 9.11. The molecule has 1 aromatic heterocycles. The van der Waals surface area contributed by atoms with Crippen LogP contribution in [0.5, 0.6) is 0 Å². The molecule has 0 amide bonds. The maximum atomic E-state index is 10.9. The number of benzene rings is 1. The average Bonchev–Trinajstić information content (AvgIpc) is 2.83. The van der Waals surface area contributed by atoms with E-state index in [2.05, 4.69) is 15.5 Å². The molecule has 2 rings (SSSR count). The molecule has 0 aliphatic carbocycles. The van der Waals surface area contributed by atoms with Crippen molar-refractivity contribution < 1.29 is 9.90 Å². The Labute approximate surface area is 111 Å². The molecule has 2 aromatic rings. The SMILES string of the molecule is CCn1cnnc1CNc1ccc(C(=O)O)c(C)c1. The Hall–Kier alpha value is -2.37. The third-order valence-electron chi connectivity index (χ3n) is 2.94. The van der Waals surface area contributed by atoms with E-state index in [1.54, 1.807) is 25.4 Å². The topological polar surface area (TPSA) is 80.0 Å². The number of aromatic nitrogens is 3. The van der Waals surface area contributed by atoms with Crippen LogP contribution in [0.25, 0.3) is 0 Å². The second kappa shape index (κ2) is 5.51. The molecule has 0 aliphatic heterocycles. The first-order valence-electron chi connectivity index (χ1n) is 6.06. The van der Waals surface area contributed by atoms with Gasteiger partial charge in [-0.05, 0) is 37.6 Å². The van der Waals surface area contributed by atoms with E-state index < -0.39 is 5.97 Å². The highest BCUT2D eigenvalue weighted by atomic mass is 16.4. The smallest absolute Gasteiger partial charge is 0.335 e. The summed E-state index contributed by atoms with van der Waals surface area (Å²) >= 11 is 0. The van der Waals surface area contributed by atoms with Crippen molar-refractivity contribution >= 4 is 11.7 Å². The van der Waals surface area contributed by atoms with Crippen LogP contribution in [0.1, 0.15) is 28.7 Å². The number of nitrogens with one attached hydrogen (secondary N) is 1. The molecule has 0 saturated carbocycles. The monoisotopic (exact) mass is 260 g/mol. The van der Waals surface area contributed by atoms with Crippen LogP contribution >= 0.6 is 0 Å². The lowest BCUT2D eigenvalue weighted by Gasteiger charge is -2.09. The van der Waals surface area contributed by atoms with Crippen LogP contribution in [-0.2, 0) is 13.1 Å². The van der Waals surface area contributed by atoms with Gasteiger partial charge in [-0.15, -0.1) is 10.2 Å². The van der Waals surface area contributed by atoms with Gasteiger partial charge in [0.25, 0.3) is 0 Å². The molecule has 6 nitrogen and oxygen atoms in total. The zero-order valence-electron chi connectivity index (χ0n) is 10.9. The predicted molar refractivity (Wildman–Crippen MR) is 71.2 cm³/mol. The summed E-state index contributed by atoms with van der Waals surface area (Å²) in [6.45, 7) is 5.18. The lowest BCUT2D eigenvalue weighted by atomic mass is 10.1. The quantitative estimate of drug-likeness (QED) is 0.858. The molecule has 19 heavy (non-hydrogen) atoms. The molecule has 2 N–H and O–H groups in total. The summed E-state index contributed by atoms with van der Waals surface area (Å²) in [6, 6.07) is 5.17. The Morgan fingerprint density at radius 1 is 1.47 bits per heavy atom.